The summed E-state index contributed by atoms with van der Waals surface area (Å²) in [4.78, 5) is 36.5. The van der Waals surface area contributed by atoms with Gasteiger partial charge in [-0.2, -0.15) is 0 Å². The van der Waals surface area contributed by atoms with Crippen LogP contribution in [0, 0.1) is 5.41 Å². The molecule has 1 fully saturated rings. The van der Waals surface area contributed by atoms with E-state index < -0.39 is 29.0 Å². The average molecular weight is 287 g/mol. The molecule has 20 heavy (non-hydrogen) atoms. The number of methoxy groups -OCH3 is 1. The third-order valence-electron chi connectivity index (χ3n) is 3.13. The van der Waals surface area contributed by atoms with E-state index in [4.69, 9.17) is 4.74 Å². The molecule has 0 aliphatic carbocycles. The van der Waals surface area contributed by atoms with Crippen molar-refractivity contribution in [2.24, 2.45) is 5.41 Å². The third kappa shape index (κ3) is 3.40. The number of nitrogens with zero attached hydrogens (tertiary/aromatic N) is 1. The smallest absolute Gasteiger partial charge is 0.410 e. The van der Waals surface area contributed by atoms with Gasteiger partial charge in [0.25, 0.3) is 0 Å². The molecule has 1 atom stereocenters. The molecule has 114 valence electrons. The molecule has 0 radical (unpaired) electrons. The zero-order valence-corrected chi connectivity index (χ0v) is 12.3. The van der Waals surface area contributed by atoms with E-state index in [0.717, 1.165) is 7.11 Å². The highest BCUT2D eigenvalue weighted by molar-refractivity contribution is 6.00. The van der Waals surface area contributed by atoms with Crippen LogP contribution in [-0.2, 0) is 19.1 Å². The van der Waals surface area contributed by atoms with E-state index in [1.165, 1.54) is 4.90 Å². The molecule has 0 saturated carbocycles. The van der Waals surface area contributed by atoms with Crippen molar-refractivity contribution in [1.29, 1.82) is 0 Å². The van der Waals surface area contributed by atoms with Crippen LogP contribution in [0.2, 0.25) is 0 Å². The highest BCUT2D eigenvalue weighted by Gasteiger charge is 2.51. The Hall–Kier alpha value is -1.79. The van der Waals surface area contributed by atoms with Crippen LogP contribution in [-0.4, -0.2) is 53.8 Å². The fourth-order valence-electron chi connectivity index (χ4n) is 2.16. The Labute approximate surface area is 117 Å². The molecule has 1 rings (SSSR count). The molecule has 1 unspecified atom stereocenters. The van der Waals surface area contributed by atoms with Gasteiger partial charge in [-0.15, -0.1) is 0 Å². The molecule has 1 amide bonds. The summed E-state index contributed by atoms with van der Waals surface area (Å²) >= 11 is 0. The van der Waals surface area contributed by atoms with Gasteiger partial charge in [0.05, 0.1) is 13.7 Å². The minimum absolute atomic E-state index is 0.147. The average Bonchev–Trinajstić information content (AvgIpc) is 2.35. The molecule has 1 aliphatic heterocycles. The number of aliphatic carboxylic acids is 1. The van der Waals surface area contributed by atoms with Gasteiger partial charge in [0.2, 0.25) is 0 Å². The highest BCUT2D eigenvalue weighted by atomic mass is 16.6. The van der Waals surface area contributed by atoms with E-state index in [9.17, 15) is 19.5 Å². The SMILES string of the molecule is COC(=O)C1(C(=O)O)CCCN(C(=O)OC(C)(C)C)C1. The van der Waals surface area contributed by atoms with Gasteiger partial charge in [-0.25, -0.2) is 4.79 Å². The van der Waals surface area contributed by atoms with Crippen LogP contribution in [0.3, 0.4) is 0 Å². The molecule has 1 aliphatic rings. The van der Waals surface area contributed by atoms with Crippen molar-refractivity contribution in [3.63, 3.8) is 0 Å². The number of carbonyl (C=O) groups is 3. The first-order chi connectivity index (χ1) is 9.12. The van der Waals surface area contributed by atoms with Crippen molar-refractivity contribution in [3.8, 4) is 0 Å². The summed E-state index contributed by atoms with van der Waals surface area (Å²) in [6, 6.07) is 0. The Balaban J connectivity index is 2.91. The number of piperidine rings is 1. The van der Waals surface area contributed by atoms with Crippen molar-refractivity contribution in [1.82, 2.24) is 4.90 Å². The van der Waals surface area contributed by atoms with E-state index in [0.29, 0.717) is 13.0 Å². The van der Waals surface area contributed by atoms with Crippen molar-refractivity contribution in [2.45, 2.75) is 39.2 Å². The number of likely N-dealkylation sites (tertiary alicyclic amines) is 1. The predicted molar refractivity (Wildman–Crippen MR) is 69.1 cm³/mol. The molecular weight excluding hydrogens is 266 g/mol. The molecule has 0 aromatic heterocycles. The van der Waals surface area contributed by atoms with Crippen LogP contribution in [0.25, 0.3) is 0 Å². The second-order valence-corrected chi connectivity index (χ2v) is 5.88. The Kier molecular flexibility index (Phi) is 4.62. The quantitative estimate of drug-likeness (QED) is 0.607. The molecule has 0 spiro atoms. The molecule has 1 heterocycles. The van der Waals surface area contributed by atoms with Crippen LogP contribution in [0.1, 0.15) is 33.6 Å². The second-order valence-electron chi connectivity index (χ2n) is 5.88. The van der Waals surface area contributed by atoms with Crippen LogP contribution >= 0.6 is 0 Å². The molecule has 7 heteroatoms. The van der Waals surface area contributed by atoms with Crippen LogP contribution in [0.5, 0.6) is 0 Å². The lowest BCUT2D eigenvalue weighted by molar-refractivity contribution is -0.170. The van der Waals surface area contributed by atoms with E-state index in [-0.39, 0.29) is 13.0 Å². The van der Waals surface area contributed by atoms with Gasteiger partial charge in [0.1, 0.15) is 5.60 Å². The maximum Gasteiger partial charge on any atom is 0.410 e. The fraction of sp³-hybridized carbons (Fsp3) is 0.769. The zero-order chi connectivity index (χ0) is 15.6. The molecule has 1 N–H and O–H groups in total. The van der Waals surface area contributed by atoms with Gasteiger partial charge in [0, 0.05) is 6.54 Å². The lowest BCUT2D eigenvalue weighted by Gasteiger charge is -2.38. The number of carboxylic acid groups (broad SMARTS) is 1. The lowest BCUT2D eigenvalue weighted by atomic mass is 9.80. The van der Waals surface area contributed by atoms with E-state index in [2.05, 4.69) is 4.74 Å². The summed E-state index contributed by atoms with van der Waals surface area (Å²) < 4.78 is 9.79. The topological polar surface area (TPSA) is 93.1 Å². The zero-order valence-electron chi connectivity index (χ0n) is 12.3. The van der Waals surface area contributed by atoms with Gasteiger partial charge in [-0.1, -0.05) is 0 Å². The van der Waals surface area contributed by atoms with Crippen molar-refractivity contribution >= 4 is 18.0 Å². The molecular formula is C13H21NO6. The van der Waals surface area contributed by atoms with E-state index >= 15 is 0 Å². The number of rotatable bonds is 2. The Morgan fingerprint density at radius 3 is 2.30 bits per heavy atom. The summed E-state index contributed by atoms with van der Waals surface area (Å²) in [5, 5.41) is 9.34. The standard InChI is InChI=1S/C13H21NO6/c1-12(2,3)20-11(18)14-7-5-6-13(8-14,9(15)16)10(17)19-4/h5-8H2,1-4H3,(H,15,16). The first-order valence-electron chi connectivity index (χ1n) is 6.42. The molecule has 7 nitrogen and oxygen atoms in total. The van der Waals surface area contributed by atoms with Crippen LogP contribution in [0.4, 0.5) is 4.79 Å². The number of amides is 1. The summed E-state index contributed by atoms with van der Waals surface area (Å²) in [6.07, 6.45) is -0.0682. The fourth-order valence-corrected chi connectivity index (χ4v) is 2.16. The summed E-state index contributed by atoms with van der Waals surface area (Å²) in [6.45, 7) is 5.30. The van der Waals surface area contributed by atoms with Crippen molar-refractivity contribution in [3.05, 3.63) is 0 Å². The number of hydrogen-bond donors (Lipinski definition) is 1. The predicted octanol–water partition coefficient (Wildman–Crippen LogP) is 1.26. The summed E-state index contributed by atoms with van der Waals surface area (Å²) in [7, 11) is 1.14. The van der Waals surface area contributed by atoms with E-state index in [1.807, 2.05) is 0 Å². The van der Waals surface area contributed by atoms with Crippen LogP contribution in [0.15, 0.2) is 0 Å². The number of carboxylic acids is 1. The second kappa shape index (κ2) is 5.68. The van der Waals surface area contributed by atoms with E-state index in [1.54, 1.807) is 20.8 Å². The van der Waals surface area contributed by atoms with Gasteiger partial charge in [0.15, 0.2) is 5.41 Å². The third-order valence-corrected chi connectivity index (χ3v) is 3.13. The van der Waals surface area contributed by atoms with Gasteiger partial charge in [-0.3, -0.25) is 9.59 Å². The van der Waals surface area contributed by atoms with Crippen molar-refractivity contribution < 1.29 is 29.0 Å². The number of esters is 1. The first-order valence-corrected chi connectivity index (χ1v) is 6.42. The number of carbonyl (C=O) groups excluding carboxylic acids is 2. The first kappa shape index (κ1) is 16.3. The maximum absolute atomic E-state index is 12.0. The minimum Gasteiger partial charge on any atom is -0.480 e. The van der Waals surface area contributed by atoms with Crippen molar-refractivity contribution in [2.75, 3.05) is 20.2 Å². The highest BCUT2D eigenvalue weighted by Crippen LogP contribution is 2.32. The maximum atomic E-state index is 12.0. The van der Waals surface area contributed by atoms with Gasteiger partial charge < -0.3 is 19.5 Å². The monoisotopic (exact) mass is 287 g/mol. The lowest BCUT2D eigenvalue weighted by Crippen LogP contribution is -2.55. The molecule has 1 saturated heterocycles. The molecule has 0 bridgehead atoms. The number of hydrogen-bond acceptors (Lipinski definition) is 5. The Morgan fingerprint density at radius 1 is 1.25 bits per heavy atom. The number of ether oxygens (including phenoxy) is 2. The Bertz CT molecular complexity index is 414. The summed E-state index contributed by atoms with van der Waals surface area (Å²) in [5.74, 6) is -2.11. The van der Waals surface area contributed by atoms with Crippen LogP contribution < -0.4 is 0 Å². The molecule has 0 aromatic carbocycles. The summed E-state index contributed by atoms with van der Waals surface area (Å²) in [5.41, 5.74) is -2.38. The largest absolute Gasteiger partial charge is 0.480 e. The molecule has 0 aromatic rings. The normalized spacial score (nSPS) is 23.1. The minimum atomic E-state index is -1.70. The Morgan fingerprint density at radius 2 is 1.85 bits per heavy atom. The van der Waals surface area contributed by atoms with Gasteiger partial charge in [-0.05, 0) is 33.6 Å². The van der Waals surface area contributed by atoms with Gasteiger partial charge >= 0.3 is 18.0 Å².